The van der Waals surface area contributed by atoms with Crippen LogP contribution in [0, 0.1) is 0 Å². The van der Waals surface area contributed by atoms with E-state index in [4.69, 9.17) is 9.15 Å². The minimum Gasteiger partial charge on any atom is -0.456 e. The van der Waals surface area contributed by atoms with Crippen LogP contribution in [0.1, 0.15) is 21.7 Å². The van der Waals surface area contributed by atoms with E-state index in [-0.39, 0.29) is 5.91 Å². The number of para-hydroxylation sites is 1. The van der Waals surface area contributed by atoms with Gasteiger partial charge in [-0.1, -0.05) is 36.4 Å². The molecule has 1 aromatic heterocycles. The van der Waals surface area contributed by atoms with Crippen LogP contribution in [0.15, 0.2) is 59.0 Å². The maximum absolute atomic E-state index is 12.7. The van der Waals surface area contributed by atoms with E-state index < -0.39 is 5.72 Å². The lowest BCUT2D eigenvalue weighted by Crippen LogP contribution is -2.40. The molecule has 1 saturated heterocycles. The summed E-state index contributed by atoms with van der Waals surface area (Å²) in [5.74, 6) is 0.679. The lowest BCUT2D eigenvalue weighted by atomic mass is 9.99. The Bertz CT molecular complexity index is 880. The number of ether oxygens (including phenoxy) is 1. The SMILES string of the molecule is O=C1c2ccccc2C2(c3cc4ccccc4o3)OCCN12. The van der Waals surface area contributed by atoms with Crippen molar-refractivity contribution in [1.29, 1.82) is 0 Å². The van der Waals surface area contributed by atoms with Gasteiger partial charge in [0.2, 0.25) is 5.72 Å². The molecular formula is C18H13NO3. The first-order valence-electron chi connectivity index (χ1n) is 7.35. The number of carbonyl (C=O) groups excluding carboxylic acids is 1. The highest BCUT2D eigenvalue weighted by molar-refractivity contribution is 6.00. The van der Waals surface area contributed by atoms with Gasteiger partial charge in [-0.25, -0.2) is 0 Å². The smallest absolute Gasteiger partial charge is 0.257 e. The normalized spacial score (nSPS) is 23.1. The molecule has 0 spiro atoms. The highest BCUT2D eigenvalue weighted by Crippen LogP contribution is 2.48. The van der Waals surface area contributed by atoms with Gasteiger partial charge < -0.3 is 9.15 Å². The summed E-state index contributed by atoms with van der Waals surface area (Å²) >= 11 is 0. The molecule has 5 rings (SSSR count). The summed E-state index contributed by atoms with van der Waals surface area (Å²) in [4.78, 5) is 14.4. The third kappa shape index (κ3) is 1.28. The van der Waals surface area contributed by atoms with Crippen LogP contribution in [-0.2, 0) is 10.5 Å². The molecule has 108 valence electrons. The molecule has 3 aromatic rings. The van der Waals surface area contributed by atoms with E-state index in [0.29, 0.717) is 24.5 Å². The number of benzene rings is 2. The van der Waals surface area contributed by atoms with E-state index in [1.165, 1.54) is 0 Å². The first kappa shape index (κ1) is 12.0. The average molecular weight is 291 g/mol. The zero-order valence-corrected chi connectivity index (χ0v) is 11.8. The molecule has 2 aromatic carbocycles. The molecule has 0 aliphatic carbocycles. The van der Waals surface area contributed by atoms with Gasteiger partial charge in [-0.2, -0.15) is 0 Å². The molecule has 3 heterocycles. The monoisotopic (exact) mass is 291 g/mol. The number of carbonyl (C=O) groups is 1. The first-order valence-corrected chi connectivity index (χ1v) is 7.35. The van der Waals surface area contributed by atoms with Crippen molar-refractivity contribution in [2.24, 2.45) is 0 Å². The molecule has 1 atom stereocenters. The number of amides is 1. The van der Waals surface area contributed by atoms with Gasteiger partial charge in [0.05, 0.1) is 6.61 Å². The summed E-state index contributed by atoms with van der Waals surface area (Å²) in [5, 5.41) is 1.01. The molecule has 1 fully saturated rings. The Morgan fingerprint density at radius 3 is 2.77 bits per heavy atom. The number of hydrogen-bond acceptors (Lipinski definition) is 3. The van der Waals surface area contributed by atoms with Crippen LogP contribution in [-0.4, -0.2) is 24.0 Å². The molecule has 1 amide bonds. The molecule has 2 aliphatic rings. The summed E-state index contributed by atoms with van der Waals surface area (Å²) in [6.07, 6.45) is 0. The van der Waals surface area contributed by atoms with Gasteiger partial charge in [-0.15, -0.1) is 0 Å². The quantitative estimate of drug-likeness (QED) is 0.692. The molecule has 0 saturated carbocycles. The van der Waals surface area contributed by atoms with Gasteiger partial charge in [0.1, 0.15) is 5.58 Å². The third-order valence-electron chi connectivity index (χ3n) is 4.53. The van der Waals surface area contributed by atoms with Crippen molar-refractivity contribution in [1.82, 2.24) is 4.90 Å². The number of rotatable bonds is 1. The molecule has 22 heavy (non-hydrogen) atoms. The van der Waals surface area contributed by atoms with Crippen LogP contribution in [0.3, 0.4) is 0 Å². The average Bonchev–Trinajstić information content (AvgIpc) is 3.22. The standard InChI is InChI=1S/C18H13NO3/c20-17-13-6-2-3-7-14(13)18(19(17)9-10-21-18)16-11-12-5-1-4-8-15(12)22-16/h1-8,11H,9-10H2. The van der Waals surface area contributed by atoms with E-state index in [2.05, 4.69) is 0 Å². The van der Waals surface area contributed by atoms with Crippen molar-refractivity contribution < 1.29 is 13.9 Å². The Hall–Kier alpha value is -2.59. The number of furan rings is 1. The minimum atomic E-state index is -0.910. The van der Waals surface area contributed by atoms with Crippen LogP contribution in [0.2, 0.25) is 0 Å². The second-order valence-corrected chi connectivity index (χ2v) is 5.64. The van der Waals surface area contributed by atoms with Crippen molar-refractivity contribution >= 4 is 16.9 Å². The van der Waals surface area contributed by atoms with E-state index >= 15 is 0 Å². The second kappa shape index (κ2) is 3.99. The summed E-state index contributed by atoms with van der Waals surface area (Å²) in [5.41, 5.74) is 1.46. The van der Waals surface area contributed by atoms with Crippen LogP contribution in [0.4, 0.5) is 0 Å². The van der Waals surface area contributed by atoms with E-state index in [1.807, 2.05) is 54.6 Å². The lowest BCUT2D eigenvalue weighted by Gasteiger charge is -2.29. The Balaban J connectivity index is 1.82. The third-order valence-corrected chi connectivity index (χ3v) is 4.53. The molecule has 0 radical (unpaired) electrons. The van der Waals surface area contributed by atoms with Crippen LogP contribution in [0.5, 0.6) is 0 Å². The summed E-state index contributed by atoms with van der Waals surface area (Å²) in [6, 6.07) is 17.4. The van der Waals surface area contributed by atoms with Crippen LogP contribution in [0.25, 0.3) is 11.0 Å². The summed E-state index contributed by atoms with van der Waals surface area (Å²) in [6.45, 7) is 1.08. The maximum Gasteiger partial charge on any atom is 0.257 e. The topological polar surface area (TPSA) is 42.7 Å². The second-order valence-electron chi connectivity index (χ2n) is 5.64. The van der Waals surface area contributed by atoms with E-state index in [0.717, 1.165) is 16.5 Å². The van der Waals surface area contributed by atoms with Gasteiger partial charge >= 0.3 is 0 Å². The zero-order valence-electron chi connectivity index (χ0n) is 11.8. The van der Waals surface area contributed by atoms with Crippen LogP contribution >= 0.6 is 0 Å². The Morgan fingerprint density at radius 1 is 1.05 bits per heavy atom. The molecule has 0 N–H and O–H groups in total. The molecule has 2 aliphatic heterocycles. The predicted molar refractivity (Wildman–Crippen MR) is 80.4 cm³/mol. The fourth-order valence-electron chi connectivity index (χ4n) is 3.58. The number of fused-ring (bicyclic) bond motifs is 4. The van der Waals surface area contributed by atoms with Crippen molar-refractivity contribution in [3.05, 3.63) is 71.5 Å². The zero-order chi connectivity index (χ0) is 14.7. The maximum atomic E-state index is 12.7. The number of hydrogen-bond donors (Lipinski definition) is 0. The molecular weight excluding hydrogens is 278 g/mol. The van der Waals surface area contributed by atoms with Crippen molar-refractivity contribution in [2.45, 2.75) is 5.72 Å². The van der Waals surface area contributed by atoms with Crippen molar-refractivity contribution in [3.63, 3.8) is 0 Å². The van der Waals surface area contributed by atoms with Crippen LogP contribution < -0.4 is 0 Å². The summed E-state index contributed by atoms with van der Waals surface area (Å²) in [7, 11) is 0. The Morgan fingerprint density at radius 2 is 1.86 bits per heavy atom. The van der Waals surface area contributed by atoms with E-state index in [9.17, 15) is 4.79 Å². The highest BCUT2D eigenvalue weighted by Gasteiger charge is 2.57. The lowest BCUT2D eigenvalue weighted by molar-refractivity contribution is -0.0448. The largest absolute Gasteiger partial charge is 0.456 e. The summed E-state index contributed by atoms with van der Waals surface area (Å²) < 4.78 is 12.1. The van der Waals surface area contributed by atoms with Gasteiger partial charge in [0, 0.05) is 23.1 Å². The van der Waals surface area contributed by atoms with Gasteiger partial charge in [0.25, 0.3) is 5.91 Å². The van der Waals surface area contributed by atoms with Crippen molar-refractivity contribution in [2.75, 3.05) is 13.2 Å². The van der Waals surface area contributed by atoms with Gasteiger partial charge in [-0.05, 0) is 18.2 Å². The number of nitrogens with zero attached hydrogens (tertiary/aromatic N) is 1. The first-order chi connectivity index (χ1) is 10.8. The Kier molecular flexibility index (Phi) is 2.18. The van der Waals surface area contributed by atoms with Crippen molar-refractivity contribution in [3.8, 4) is 0 Å². The fourth-order valence-corrected chi connectivity index (χ4v) is 3.58. The molecule has 4 heteroatoms. The minimum absolute atomic E-state index is 0.00792. The molecule has 0 bridgehead atoms. The Labute approximate surface area is 126 Å². The highest BCUT2D eigenvalue weighted by atomic mass is 16.5. The van der Waals surface area contributed by atoms with Gasteiger partial charge in [0.15, 0.2) is 5.76 Å². The van der Waals surface area contributed by atoms with E-state index in [1.54, 1.807) is 4.90 Å². The molecule has 4 nitrogen and oxygen atoms in total. The fraction of sp³-hybridized carbons (Fsp3) is 0.167. The molecule has 1 unspecified atom stereocenters. The predicted octanol–water partition coefficient (Wildman–Crippen LogP) is 3.12. The van der Waals surface area contributed by atoms with Gasteiger partial charge in [-0.3, -0.25) is 9.69 Å².